The van der Waals surface area contributed by atoms with Crippen molar-refractivity contribution in [2.75, 3.05) is 24.6 Å². The van der Waals surface area contributed by atoms with Crippen LogP contribution in [0.3, 0.4) is 0 Å². The molecule has 0 aromatic heterocycles. The van der Waals surface area contributed by atoms with Crippen LogP contribution in [0.4, 0.5) is 5.69 Å². The molecule has 0 radical (unpaired) electrons. The quantitative estimate of drug-likeness (QED) is 0.625. The van der Waals surface area contributed by atoms with Crippen LogP contribution in [-0.2, 0) is 0 Å². The highest BCUT2D eigenvalue weighted by atomic mass is 16.5. The second kappa shape index (κ2) is 8.23. The fraction of sp³-hybridized carbons (Fsp3) is 0.238. The summed E-state index contributed by atoms with van der Waals surface area (Å²) in [6.07, 6.45) is 1.93. The molecule has 0 unspecified atom stereocenters. The van der Waals surface area contributed by atoms with Gasteiger partial charge in [-0.25, -0.2) is 0 Å². The third kappa shape index (κ3) is 4.26. The van der Waals surface area contributed by atoms with Crippen LogP contribution < -0.4 is 9.64 Å². The highest BCUT2D eigenvalue weighted by Gasteiger charge is 2.06. The van der Waals surface area contributed by atoms with E-state index in [-0.39, 0.29) is 0 Å². The first-order valence-electron chi connectivity index (χ1n) is 8.08. The maximum Gasteiger partial charge on any atom is 0.119 e. The van der Waals surface area contributed by atoms with Gasteiger partial charge in [0.25, 0.3) is 0 Å². The molecule has 2 aromatic carbocycles. The van der Waals surface area contributed by atoms with Crippen LogP contribution in [0, 0.1) is 0 Å². The molecule has 0 aliphatic heterocycles. The van der Waals surface area contributed by atoms with Gasteiger partial charge in [0.1, 0.15) is 5.75 Å². The molecule has 0 aliphatic carbocycles. The van der Waals surface area contributed by atoms with E-state index in [4.69, 9.17) is 4.74 Å². The Balaban J connectivity index is 2.14. The topological polar surface area (TPSA) is 12.5 Å². The van der Waals surface area contributed by atoms with E-state index in [1.54, 1.807) is 0 Å². The molecule has 0 fully saturated rings. The van der Waals surface area contributed by atoms with Gasteiger partial charge in [0.05, 0.1) is 6.61 Å². The Kier molecular flexibility index (Phi) is 6.04. The van der Waals surface area contributed by atoms with Crippen LogP contribution in [0.2, 0.25) is 0 Å². The second-order valence-electron chi connectivity index (χ2n) is 5.31. The van der Waals surface area contributed by atoms with E-state index in [0.29, 0.717) is 6.61 Å². The van der Waals surface area contributed by atoms with Gasteiger partial charge in [0, 0.05) is 18.8 Å². The summed E-state index contributed by atoms with van der Waals surface area (Å²) < 4.78 is 5.48. The van der Waals surface area contributed by atoms with E-state index in [9.17, 15) is 0 Å². The summed E-state index contributed by atoms with van der Waals surface area (Å²) in [6, 6.07) is 16.6. The number of rotatable bonds is 8. The van der Waals surface area contributed by atoms with Gasteiger partial charge in [0.2, 0.25) is 0 Å². The predicted octanol–water partition coefficient (Wildman–Crippen LogP) is 5.16. The van der Waals surface area contributed by atoms with Crippen LogP contribution in [0.15, 0.2) is 67.8 Å². The first-order chi connectivity index (χ1) is 11.2. The molecule has 2 heteroatoms. The molecule has 0 saturated heterocycles. The lowest BCUT2D eigenvalue weighted by Gasteiger charge is -2.21. The largest absolute Gasteiger partial charge is 0.494 e. The molecule has 0 aliphatic rings. The summed E-state index contributed by atoms with van der Waals surface area (Å²) >= 11 is 0. The number of ether oxygens (including phenoxy) is 1. The minimum Gasteiger partial charge on any atom is -0.494 e. The van der Waals surface area contributed by atoms with Crippen molar-refractivity contribution in [3.8, 4) is 5.75 Å². The lowest BCUT2D eigenvalue weighted by Crippen LogP contribution is -2.22. The lowest BCUT2D eigenvalue weighted by atomic mass is 9.99. The van der Waals surface area contributed by atoms with Crippen LogP contribution in [0.5, 0.6) is 5.75 Å². The molecule has 120 valence electrons. The maximum atomic E-state index is 5.48. The van der Waals surface area contributed by atoms with Gasteiger partial charge >= 0.3 is 0 Å². The minimum absolute atomic E-state index is 0.681. The summed E-state index contributed by atoms with van der Waals surface area (Å²) in [7, 11) is 0. The fourth-order valence-electron chi connectivity index (χ4n) is 2.53. The first kappa shape index (κ1) is 16.9. The Morgan fingerprint density at radius 1 is 1.00 bits per heavy atom. The van der Waals surface area contributed by atoms with E-state index in [0.717, 1.165) is 35.5 Å². The molecule has 0 heterocycles. The zero-order valence-electron chi connectivity index (χ0n) is 14.1. The molecule has 0 bridgehead atoms. The van der Waals surface area contributed by atoms with Crippen molar-refractivity contribution in [3.05, 3.63) is 78.9 Å². The Bertz CT molecular complexity index is 641. The van der Waals surface area contributed by atoms with Crippen molar-refractivity contribution in [2.24, 2.45) is 0 Å². The highest BCUT2D eigenvalue weighted by Crippen LogP contribution is 2.25. The smallest absolute Gasteiger partial charge is 0.119 e. The first-order valence-corrected chi connectivity index (χ1v) is 8.08. The number of nitrogens with zero attached hydrogens (tertiary/aromatic N) is 1. The molecule has 0 spiro atoms. The number of likely N-dealkylation sites (N-methyl/N-ethyl adjacent to an activating group) is 1. The zero-order chi connectivity index (χ0) is 16.7. The van der Waals surface area contributed by atoms with Gasteiger partial charge in [-0.2, -0.15) is 0 Å². The fourth-order valence-corrected chi connectivity index (χ4v) is 2.53. The van der Waals surface area contributed by atoms with Gasteiger partial charge in [-0.3, -0.25) is 0 Å². The molecule has 2 nitrogen and oxygen atoms in total. The number of anilines is 1. The molecule has 0 amide bonds. The summed E-state index contributed by atoms with van der Waals surface area (Å²) in [4.78, 5) is 2.27. The Morgan fingerprint density at radius 2 is 1.57 bits per heavy atom. The number of benzene rings is 2. The van der Waals surface area contributed by atoms with Gasteiger partial charge in [-0.15, -0.1) is 6.58 Å². The van der Waals surface area contributed by atoms with Gasteiger partial charge in [0.15, 0.2) is 0 Å². The molecule has 0 N–H and O–H groups in total. The minimum atomic E-state index is 0.681. The van der Waals surface area contributed by atoms with Crippen LogP contribution in [0.25, 0.3) is 5.57 Å². The Labute approximate surface area is 139 Å². The van der Waals surface area contributed by atoms with E-state index >= 15 is 0 Å². The second-order valence-corrected chi connectivity index (χ2v) is 5.31. The summed E-state index contributed by atoms with van der Waals surface area (Å²) in [5.41, 5.74) is 4.47. The highest BCUT2D eigenvalue weighted by molar-refractivity contribution is 5.79. The Morgan fingerprint density at radius 3 is 2.04 bits per heavy atom. The molecular formula is C21H25NO. The average Bonchev–Trinajstić information content (AvgIpc) is 2.60. The lowest BCUT2D eigenvalue weighted by molar-refractivity contribution is 0.340. The zero-order valence-corrected chi connectivity index (χ0v) is 14.1. The van der Waals surface area contributed by atoms with Crippen molar-refractivity contribution in [3.63, 3.8) is 0 Å². The standard InChI is InChI=1S/C21H25NO/c1-5-16-22(6-2)20-12-8-18(9-13-20)17(4)19-10-14-21(15-11-19)23-7-3/h5,8-15H,1,4,6-7,16H2,2-3H3. The summed E-state index contributed by atoms with van der Waals surface area (Å²) in [5, 5.41) is 0. The third-order valence-electron chi connectivity index (χ3n) is 3.83. The van der Waals surface area contributed by atoms with E-state index in [2.05, 4.69) is 61.4 Å². The summed E-state index contributed by atoms with van der Waals surface area (Å²) in [5.74, 6) is 0.891. The normalized spacial score (nSPS) is 10.2. The molecule has 2 rings (SSSR count). The van der Waals surface area contributed by atoms with E-state index < -0.39 is 0 Å². The van der Waals surface area contributed by atoms with Crippen molar-refractivity contribution in [1.82, 2.24) is 0 Å². The molecule has 0 saturated carbocycles. The third-order valence-corrected chi connectivity index (χ3v) is 3.83. The van der Waals surface area contributed by atoms with Gasteiger partial charge < -0.3 is 9.64 Å². The van der Waals surface area contributed by atoms with Crippen molar-refractivity contribution >= 4 is 11.3 Å². The van der Waals surface area contributed by atoms with Crippen LogP contribution in [0.1, 0.15) is 25.0 Å². The van der Waals surface area contributed by atoms with Crippen LogP contribution >= 0.6 is 0 Å². The molecule has 2 aromatic rings. The average molecular weight is 307 g/mol. The monoisotopic (exact) mass is 307 g/mol. The van der Waals surface area contributed by atoms with Crippen molar-refractivity contribution in [2.45, 2.75) is 13.8 Å². The van der Waals surface area contributed by atoms with Crippen molar-refractivity contribution in [1.29, 1.82) is 0 Å². The maximum absolute atomic E-state index is 5.48. The van der Waals surface area contributed by atoms with E-state index in [1.807, 2.05) is 25.1 Å². The molecular weight excluding hydrogens is 282 g/mol. The van der Waals surface area contributed by atoms with Gasteiger partial charge in [-0.05, 0) is 54.8 Å². The SMILES string of the molecule is C=CCN(CC)c1ccc(C(=C)c2ccc(OCC)cc2)cc1. The number of hydrogen-bond acceptors (Lipinski definition) is 2. The van der Waals surface area contributed by atoms with E-state index in [1.165, 1.54) is 5.69 Å². The van der Waals surface area contributed by atoms with Crippen molar-refractivity contribution < 1.29 is 4.74 Å². The Hall–Kier alpha value is -2.48. The number of hydrogen-bond donors (Lipinski definition) is 0. The predicted molar refractivity (Wildman–Crippen MR) is 100 cm³/mol. The molecule has 23 heavy (non-hydrogen) atoms. The molecule has 0 atom stereocenters. The van der Waals surface area contributed by atoms with Crippen LogP contribution in [-0.4, -0.2) is 19.7 Å². The summed E-state index contributed by atoms with van der Waals surface area (Å²) in [6.45, 7) is 14.7. The van der Waals surface area contributed by atoms with Gasteiger partial charge in [-0.1, -0.05) is 36.9 Å².